The quantitative estimate of drug-likeness (QED) is 0.390. The second-order valence-corrected chi connectivity index (χ2v) is 2.99. The first kappa shape index (κ1) is 12.8. The van der Waals surface area contributed by atoms with Gasteiger partial charge in [-0.25, -0.2) is 4.79 Å². The standard InChI is InChI=1S/C10H17NO3/c1-3-4-5-14-10(13)8(2)6-9(12)7-11/h6H,3-5,7,11H2,1-2H3. The minimum Gasteiger partial charge on any atom is -0.462 e. The Kier molecular flexibility index (Phi) is 6.66. The lowest BCUT2D eigenvalue weighted by molar-refractivity contribution is -0.139. The molecule has 0 atom stereocenters. The van der Waals surface area contributed by atoms with Crippen LogP contribution in [0.4, 0.5) is 0 Å². The van der Waals surface area contributed by atoms with Crippen molar-refractivity contribution in [1.29, 1.82) is 0 Å². The summed E-state index contributed by atoms with van der Waals surface area (Å²) in [5.74, 6) is -0.713. The van der Waals surface area contributed by atoms with Crippen LogP contribution in [0.5, 0.6) is 0 Å². The predicted molar refractivity (Wildman–Crippen MR) is 53.7 cm³/mol. The molecule has 80 valence electrons. The van der Waals surface area contributed by atoms with Crippen molar-refractivity contribution in [2.75, 3.05) is 13.2 Å². The number of hydrogen-bond donors (Lipinski definition) is 1. The first-order valence-corrected chi connectivity index (χ1v) is 4.70. The number of ketones is 1. The van der Waals surface area contributed by atoms with Gasteiger partial charge < -0.3 is 10.5 Å². The zero-order chi connectivity index (χ0) is 11.0. The average Bonchev–Trinajstić information content (AvgIpc) is 2.17. The molecule has 0 spiro atoms. The van der Waals surface area contributed by atoms with Crippen molar-refractivity contribution in [3.05, 3.63) is 11.6 Å². The van der Waals surface area contributed by atoms with Gasteiger partial charge in [0.25, 0.3) is 0 Å². The molecule has 0 amide bonds. The fourth-order valence-electron chi connectivity index (χ4n) is 0.782. The van der Waals surface area contributed by atoms with Crippen molar-refractivity contribution < 1.29 is 14.3 Å². The molecule has 0 saturated heterocycles. The van der Waals surface area contributed by atoms with Crippen LogP contribution in [-0.2, 0) is 14.3 Å². The molecule has 0 saturated carbocycles. The molecule has 0 bridgehead atoms. The molecule has 0 aliphatic rings. The number of unbranched alkanes of at least 4 members (excludes halogenated alkanes) is 1. The van der Waals surface area contributed by atoms with Crippen LogP contribution in [0.2, 0.25) is 0 Å². The molecule has 0 aromatic rings. The highest BCUT2D eigenvalue weighted by Gasteiger charge is 2.06. The third-order valence-corrected chi connectivity index (χ3v) is 1.63. The van der Waals surface area contributed by atoms with E-state index in [0.717, 1.165) is 12.8 Å². The lowest BCUT2D eigenvalue weighted by atomic mass is 10.2. The predicted octanol–water partition coefficient (Wildman–Crippen LogP) is 0.804. The van der Waals surface area contributed by atoms with Gasteiger partial charge in [-0.05, 0) is 19.4 Å². The van der Waals surface area contributed by atoms with Gasteiger partial charge in [0, 0.05) is 5.57 Å². The molecule has 0 aliphatic heterocycles. The minimum absolute atomic E-state index is 0.0838. The lowest BCUT2D eigenvalue weighted by Gasteiger charge is -2.02. The first-order valence-electron chi connectivity index (χ1n) is 4.70. The van der Waals surface area contributed by atoms with E-state index < -0.39 is 5.97 Å². The van der Waals surface area contributed by atoms with Gasteiger partial charge in [-0.1, -0.05) is 13.3 Å². The summed E-state index contributed by atoms with van der Waals surface area (Å²) < 4.78 is 4.89. The third-order valence-electron chi connectivity index (χ3n) is 1.63. The molecule has 0 heterocycles. The second-order valence-electron chi connectivity index (χ2n) is 2.99. The van der Waals surface area contributed by atoms with Crippen LogP contribution < -0.4 is 5.73 Å². The molecule has 0 fully saturated rings. The number of rotatable bonds is 6. The summed E-state index contributed by atoms with van der Waals surface area (Å²) in [7, 11) is 0. The van der Waals surface area contributed by atoms with Gasteiger partial charge in [-0.2, -0.15) is 0 Å². The second kappa shape index (κ2) is 7.26. The highest BCUT2D eigenvalue weighted by molar-refractivity contribution is 5.99. The van der Waals surface area contributed by atoms with Crippen molar-refractivity contribution >= 4 is 11.8 Å². The van der Waals surface area contributed by atoms with E-state index in [9.17, 15) is 9.59 Å². The van der Waals surface area contributed by atoms with Crippen LogP contribution in [0, 0.1) is 0 Å². The van der Waals surface area contributed by atoms with Crippen LogP contribution in [0.1, 0.15) is 26.7 Å². The molecular weight excluding hydrogens is 182 g/mol. The van der Waals surface area contributed by atoms with Crippen molar-refractivity contribution in [3.8, 4) is 0 Å². The van der Waals surface area contributed by atoms with E-state index in [4.69, 9.17) is 10.5 Å². The summed E-state index contributed by atoms with van der Waals surface area (Å²) in [5.41, 5.74) is 5.40. The average molecular weight is 199 g/mol. The topological polar surface area (TPSA) is 69.4 Å². The fraction of sp³-hybridized carbons (Fsp3) is 0.600. The highest BCUT2D eigenvalue weighted by Crippen LogP contribution is 1.98. The first-order chi connectivity index (χ1) is 6.61. The molecule has 0 aromatic heterocycles. The summed E-state index contributed by atoms with van der Waals surface area (Å²) in [6.45, 7) is 3.87. The Hall–Kier alpha value is -1.16. The van der Waals surface area contributed by atoms with Crippen molar-refractivity contribution in [1.82, 2.24) is 0 Å². The van der Waals surface area contributed by atoms with Crippen LogP contribution in [0.3, 0.4) is 0 Å². The number of nitrogens with two attached hydrogens (primary N) is 1. The van der Waals surface area contributed by atoms with Gasteiger partial charge in [0.2, 0.25) is 0 Å². The Morgan fingerprint density at radius 2 is 2.07 bits per heavy atom. The minimum atomic E-state index is -0.444. The van der Waals surface area contributed by atoms with E-state index in [-0.39, 0.29) is 12.3 Å². The number of carbonyl (C=O) groups is 2. The summed E-state index contributed by atoms with van der Waals surface area (Å²) in [6.07, 6.45) is 3.02. The summed E-state index contributed by atoms with van der Waals surface area (Å²) in [5, 5.41) is 0. The normalized spacial score (nSPS) is 11.2. The van der Waals surface area contributed by atoms with E-state index >= 15 is 0 Å². The Morgan fingerprint density at radius 3 is 2.57 bits per heavy atom. The largest absolute Gasteiger partial charge is 0.462 e. The number of esters is 1. The molecule has 2 N–H and O–H groups in total. The molecule has 0 radical (unpaired) electrons. The lowest BCUT2D eigenvalue weighted by Crippen LogP contribution is -2.14. The number of carbonyl (C=O) groups excluding carboxylic acids is 2. The maximum Gasteiger partial charge on any atom is 0.333 e. The molecule has 0 aromatic carbocycles. The van der Waals surface area contributed by atoms with E-state index in [1.54, 1.807) is 6.92 Å². The van der Waals surface area contributed by atoms with Crippen LogP contribution in [-0.4, -0.2) is 24.9 Å². The molecule has 0 rings (SSSR count). The van der Waals surface area contributed by atoms with Crippen molar-refractivity contribution in [2.24, 2.45) is 5.73 Å². The van der Waals surface area contributed by atoms with Gasteiger partial charge in [-0.3, -0.25) is 4.79 Å². The van der Waals surface area contributed by atoms with E-state index in [2.05, 4.69) is 0 Å². The van der Waals surface area contributed by atoms with Gasteiger partial charge in [0.05, 0.1) is 13.2 Å². The van der Waals surface area contributed by atoms with Crippen LogP contribution in [0.25, 0.3) is 0 Å². The van der Waals surface area contributed by atoms with E-state index in [0.29, 0.717) is 12.2 Å². The van der Waals surface area contributed by atoms with Crippen LogP contribution >= 0.6 is 0 Å². The summed E-state index contributed by atoms with van der Waals surface area (Å²) in [4.78, 5) is 22.0. The molecule has 4 heteroatoms. The smallest absolute Gasteiger partial charge is 0.333 e. The van der Waals surface area contributed by atoms with Crippen molar-refractivity contribution in [2.45, 2.75) is 26.7 Å². The summed E-state index contributed by atoms with van der Waals surface area (Å²) in [6, 6.07) is 0. The monoisotopic (exact) mass is 199 g/mol. The van der Waals surface area contributed by atoms with Crippen LogP contribution in [0.15, 0.2) is 11.6 Å². The van der Waals surface area contributed by atoms with E-state index in [1.807, 2.05) is 6.92 Å². The maximum absolute atomic E-state index is 11.2. The van der Waals surface area contributed by atoms with Gasteiger partial charge in [0.15, 0.2) is 5.78 Å². The maximum atomic E-state index is 11.2. The van der Waals surface area contributed by atoms with Gasteiger partial charge >= 0.3 is 5.97 Å². The Balaban J connectivity index is 3.98. The SMILES string of the molecule is CCCCOC(=O)C(C)=CC(=O)CN. The Bertz CT molecular complexity index is 234. The summed E-state index contributed by atoms with van der Waals surface area (Å²) >= 11 is 0. The van der Waals surface area contributed by atoms with Gasteiger partial charge in [-0.15, -0.1) is 0 Å². The Labute approximate surface area is 84.1 Å². The van der Waals surface area contributed by atoms with Gasteiger partial charge in [0.1, 0.15) is 0 Å². The Morgan fingerprint density at radius 1 is 1.43 bits per heavy atom. The number of hydrogen-bond acceptors (Lipinski definition) is 4. The highest BCUT2D eigenvalue weighted by atomic mass is 16.5. The molecule has 4 nitrogen and oxygen atoms in total. The molecule has 0 aliphatic carbocycles. The van der Waals surface area contributed by atoms with E-state index in [1.165, 1.54) is 6.08 Å². The molecular formula is C10H17NO3. The molecule has 0 unspecified atom stereocenters. The zero-order valence-corrected chi connectivity index (χ0v) is 8.71. The number of ether oxygens (including phenoxy) is 1. The van der Waals surface area contributed by atoms with Crippen molar-refractivity contribution in [3.63, 3.8) is 0 Å². The fourth-order valence-corrected chi connectivity index (χ4v) is 0.782. The third kappa shape index (κ3) is 5.48. The molecule has 14 heavy (non-hydrogen) atoms. The zero-order valence-electron chi connectivity index (χ0n) is 8.71.